The van der Waals surface area contributed by atoms with Crippen LogP contribution in [0.4, 0.5) is 4.39 Å². The molecule has 6 nitrogen and oxygen atoms in total. The number of amides is 1. The Balaban J connectivity index is 1.61. The van der Waals surface area contributed by atoms with Crippen molar-refractivity contribution in [2.24, 2.45) is 0 Å². The Morgan fingerprint density at radius 1 is 1.06 bits per heavy atom. The lowest BCUT2D eigenvalue weighted by Gasteiger charge is -2.44. The molecule has 1 fully saturated rings. The number of ether oxygens (including phenoxy) is 3. The molecule has 2 unspecified atom stereocenters. The van der Waals surface area contributed by atoms with Crippen LogP contribution < -0.4 is 14.2 Å². The third-order valence-electron chi connectivity index (χ3n) is 5.52. The maximum Gasteiger partial charge on any atom is 0.260 e. The second-order valence-corrected chi connectivity index (χ2v) is 8.11. The van der Waals surface area contributed by atoms with Crippen molar-refractivity contribution in [1.29, 1.82) is 0 Å². The fourth-order valence-corrected chi connectivity index (χ4v) is 3.97. The van der Waals surface area contributed by atoms with E-state index in [0.717, 1.165) is 12.1 Å². The van der Waals surface area contributed by atoms with Crippen LogP contribution in [0, 0.1) is 5.82 Å². The summed E-state index contributed by atoms with van der Waals surface area (Å²) < 4.78 is 29.3. The minimum Gasteiger partial charge on any atom is -0.496 e. The molecule has 0 spiro atoms. The highest BCUT2D eigenvalue weighted by atomic mass is 35.5. The second kappa shape index (κ2) is 10.2. The van der Waals surface area contributed by atoms with E-state index in [1.807, 2.05) is 11.8 Å². The largest absolute Gasteiger partial charge is 0.496 e. The highest BCUT2D eigenvalue weighted by molar-refractivity contribution is 6.33. The summed E-state index contributed by atoms with van der Waals surface area (Å²) in [6.45, 7) is 5.98. The van der Waals surface area contributed by atoms with E-state index in [1.54, 1.807) is 24.3 Å². The summed E-state index contributed by atoms with van der Waals surface area (Å²) in [5.41, 5.74) is 1.05. The molecular weight excluding hydrogens is 423 g/mol. The maximum absolute atomic E-state index is 13.2. The number of halogens is 2. The van der Waals surface area contributed by atoms with Crippen LogP contribution >= 0.6 is 11.6 Å². The van der Waals surface area contributed by atoms with Crippen LogP contribution in [0.5, 0.6) is 17.2 Å². The molecule has 2 aromatic carbocycles. The zero-order valence-electron chi connectivity index (χ0n) is 18.2. The molecule has 2 aromatic rings. The molecule has 168 valence electrons. The number of hydrogen-bond acceptors (Lipinski definition) is 5. The van der Waals surface area contributed by atoms with Crippen LogP contribution in [-0.4, -0.2) is 61.7 Å². The number of nitrogens with zero attached hydrogens (tertiary/aromatic N) is 2. The Morgan fingerprint density at radius 2 is 1.74 bits per heavy atom. The lowest BCUT2D eigenvalue weighted by molar-refractivity contribution is -0.139. The fraction of sp³-hybridized carbons (Fsp3) is 0.435. The highest BCUT2D eigenvalue weighted by Crippen LogP contribution is 2.38. The van der Waals surface area contributed by atoms with Crippen LogP contribution in [0.3, 0.4) is 0 Å². The van der Waals surface area contributed by atoms with E-state index < -0.39 is 0 Å². The average molecular weight is 451 g/mol. The van der Waals surface area contributed by atoms with E-state index in [1.165, 1.54) is 26.4 Å². The third-order valence-corrected chi connectivity index (χ3v) is 5.89. The van der Waals surface area contributed by atoms with Crippen molar-refractivity contribution in [3.8, 4) is 17.2 Å². The van der Waals surface area contributed by atoms with E-state index >= 15 is 0 Å². The lowest BCUT2D eigenvalue weighted by atomic mass is 10.1. The average Bonchev–Trinajstić information content (AvgIpc) is 2.76. The van der Waals surface area contributed by atoms with Crippen molar-refractivity contribution in [3.05, 3.63) is 52.8 Å². The van der Waals surface area contributed by atoms with Gasteiger partial charge in [0.2, 0.25) is 0 Å². The molecule has 1 amide bonds. The zero-order chi connectivity index (χ0) is 22.5. The third kappa shape index (κ3) is 5.60. The Morgan fingerprint density at radius 3 is 2.39 bits per heavy atom. The molecule has 0 aromatic heterocycles. The summed E-state index contributed by atoms with van der Waals surface area (Å²) in [4.78, 5) is 17.0. The maximum atomic E-state index is 13.2. The van der Waals surface area contributed by atoms with Crippen LogP contribution in [0.15, 0.2) is 36.4 Å². The molecule has 0 bridgehead atoms. The van der Waals surface area contributed by atoms with Gasteiger partial charge in [0.05, 0.1) is 14.2 Å². The molecule has 31 heavy (non-hydrogen) atoms. The van der Waals surface area contributed by atoms with E-state index in [4.69, 9.17) is 25.8 Å². The van der Waals surface area contributed by atoms with Crippen molar-refractivity contribution in [3.63, 3.8) is 0 Å². The SMILES string of the molecule is COc1cc(OC)c(Cl)c(OCC(=O)N2CC(C)N(Cc3ccc(F)cc3)CC2C)c1. The molecule has 1 saturated heterocycles. The predicted molar refractivity (Wildman–Crippen MR) is 117 cm³/mol. The van der Waals surface area contributed by atoms with Gasteiger partial charge >= 0.3 is 0 Å². The molecule has 8 heteroatoms. The highest BCUT2D eigenvalue weighted by Gasteiger charge is 2.32. The van der Waals surface area contributed by atoms with E-state index in [-0.39, 0.29) is 30.4 Å². The molecule has 1 aliphatic heterocycles. The van der Waals surface area contributed by atoms with Crippen molar-refractivity contribution in [2.45, 2.75) is 32.5 Å². The van der Waals surface area contributed by atoms with Gasteiger partial charge in [0.1, 0.15) is 28.1 Å². The van der Waals surface area contributed by atoms with E-state index in [2.05, 4.69) is 11.8 Å². The molecule has 0 aliphatic carbocycles. The first kappa shape index (κ1) is 23.2. The van der Waals surface area contributed by atoms with Crippen molar-refractivity contribution in [1.82, 2.24) is 9.80 Å². The number of rotatable bonds is 7. The van der Waals surface area contributed by atoms with Crippen molar-refractivity contribution < 1.29 is 23.4 Å². The van der Waals surface area contributed by atoms with E-state index in [9.17, 15) is 9.18 Å². The number of piperazine rings is 1. The molecular formula is C23H28ClFN2O4. The summed E-state index contributed by atoms with van der Waals surface area (Å²) in [6.07, 6.45) is 0. The lowest BCUT2D eigenvalue weighted by Crippen LogP contribution is -2.58. The molecule has 0 saturated carbocycles. The van der Waals surface area contributed by atoms with Gasteiger partial charge in [-0.2, -0.15) is 0 Å². The summed E-state index contributed by atoms with van der Waals surface area (Å²) in [6, 6.07) is 9.99. The molecule has 0 N–H and O–H groups in total. The number of hydrogen-bond donors (Lipinski definition) is 0. The molecule has 3 rings (SSSR count). The van der Waals surface area contributed by atoms with Crippen LogP contribution in [-0.2, 0) is 11.3 Å². The summed E-state index contributed by atoms with van der Waals surface area (Å²) >= 11 is 6.30. The van der Waals surface area contributed by atoms with Gasteiger partial charge in [0, 0.05) is 43.9 Å². The first-order chi connectivity index (χ1) is 14.8. The molecule has 1 aliphatic rings. The normalized spacial score (nSPS) is 19.2. The predicted octanol–water partition coefficient (Wildman–Crippen LogP) is 4.00. The van der Waals surface area contributed by atoms with Gasteiger partial charge in [-0.3, -0.25) is 9.69 Å². The summed E-state index contributed by atoms with van der Waals surface area (Å²) in [7, 11) is 3.04. The fourth-order valence-electron chi connectivity index (χ4n) is 3.73. The van der Waals surface area contributed by atoms with Gasteiger partial charge in [-0.15, -0.1) is 0 Å². The zero-order valence-corrected chi connectivity index (χ0v) is 19.0. The second-order valence-electron chi connectivity index (χ2n) is 7.73. The van der Waals surface area contributed by atoms with Gasteiger partial charge in [-0.25, -0.2) is 4.39 Å². The molecule has 1 heterocycles. The minimum atomic E-state index is -0.241. The smallest absolute Gasteiger partial charge is 0.260 e. The summed E-state index contributed by atoms with van der Waals surface area (Å²) in [5.74, 6) is 0.926. The van der Waals surface area contributed by atoms with Crippen molar-refractivity contribution >= 4 is 17.5 Å². The van der Waals surface area contributed by atoms with Crippen LogP contribution in [0.1, 0.15) is 19.4 Å². The van der Waals surface area contributed by atoms with Crippen LogP contribution in [0.25, 0.3) is 0 Å². The number of carbonyl (C=O) groups is 1. The topological polar surface area (TPSA) is 51.2 Å². The molecule has 2 atom stereocenters. The Kier molecular flexibility index (Phi) is 7.62. The number of carbonyl (C=O) groups excluding carboxylic acids is 1. The minimum absolute atomic E-state index is 0.0167. The Bertz CT molecular complexity index is 909. The number of benzene rings is 2. The van der Waals surface area contributed by atoms with Gasteiger partial charge < -0.3 is 19.1 Å². The number of methoxy groups -OCH3 is 2. The van der Waals surface area contributed by atoms with Crippen molar-refractivity contribution in [2.75, 3.05) is 33.9 Å². The van der Waals surface area contributed by atoms with Gasteiger partial charge in [0.25, 0.3) is 5.91 Å². The van der Waals surface area contributed by atoms with Gasteiger partial charge in [-0.05, 0) is 31.5 Å². The Labute approximate surface area is 187 Å². The quantitative estimate of drug-likeness (QED) is 0.638. The van der Waals surface area contributed by atoms with E-state index in [0.29, 0.717) is 35.4 Å². The first-order valence-corrected chi connectivity index (χ1v) is 10.5. The Hall–Kier alpha value is -2.51. The summed E-state index contributed by atoms with van der Waals surface area (Å²) in [5, 5.41) is 0.293. The van der Waals surface area contributed by atoms with Gasteiger partial charge in [0.15, 0.2) is 6.61 Å². The molecule has 0 radical (unpaired) electrons. The standard InChI is InChI=1S/C23H28ClFN2O4/c1-15-12-27(16(2)11-26(15)13-17-5-7-18(25)8-6-17)22(28)14-31-21-10-19(29-3)9-20(30-4)23(21)24/h5-10,15-16H,11-14H2,1-4H3. The van der Waals surface area contributed by atoms with Gasteiger partial charge in [-0.1, -0.05) is 23.7 Å². The van der Waals surface area contributed by atoms with Crippen LogP contribution in [0.2, 0.25) is 5.02 Å². The first-order valence-electron chi connectivity index (χ1n) is 10.1. The monoisotopic (exact) mass is 450 g/mol.